The molecule has 1 N–H and O–H groups in total. The highest BCUT2D eigenvalue weighted by molar-refractivity contribution is 4.82. The van der Waals surface area contributed by atoms with Crippen LogP contribution in [0.4, 0.5) is 0 Å². The van der Waals surface area contributed by atoms with Crippen molar-refractivity contribution in [2.75, 3.05) is 0 Å². The lowest BCUT2D eigenvalue weighted by Gasteiger charge is -2.34. The first-order valence-corrected chi connectivity index (χ1v) is 9.00. The molecule has 0 bridgehead atoms. The van der Waals surface area contributed by atoms with Crippen LogP contribution < -0.4 is 5.32 Å². The van der Waals surface area contributed by atoms with Crippen LogP contribution in [0.25, 0.3) is 0 Å². The van der Waals surface area contributed by atoms with E-state index in [9.17, 15) is 0 Å². The molecule has 112 valence electrons. The molecule has 0 radical (unpaired) electrons. The molecule has 2 atom stereocenters. The predicted molar refractivity (Wildman–Crippen MR) is 84.4 cm³/mol. The van der Waals surface area contributed by atoms with Crippen molar-refractivity contribution >= 4 is 0 Å². The molecule has 0 heterocycles. The van der Waals surface area contributed by atoms with Crippen LogP contribution in [0, 0.1) is 11.8 Å². The second-order valence-electron chi connectivity index (χ2n) is 7.57. The summed E-state index contributed by atoms with van der Waals surface area (Å²) in [5.74, 6) is 1.88. The highest BCUT2D eigenvalue weighted by Crippen LogP contribution is 2.30. The minimum absolute atomic E-state index is 0.835. The molecule has 2 unspecified atom stereocenters. The summed E-state index contributed by atoms with van der Waals surface area (Å²) in [7, 11) is 0. The molecule has 19 heavy (non-hydrogen) atoms. The summed E-state index contributed by atoms with van der Waals surface area (Å²) < 4.78 is 0. The van der Waals surface area contributed by atoms with E-state index in [0.717, 1.165) is 23.9 Å². The topological polar surface area (TPSA) is 12.0 Å². The summed E-state index contributed by atoms with van der Waals surface area (Å²) in [6.07, 6.45) is 17.5. The molecular formula is C18H35N. The van der Waals surface area contributed by atoms with Crippen LogP contribution in [-0.2, 0) is 0 Å². The van der Waals surface area contributed by atoms with E-state index in [1.807, 2.05) is 0 Å². The smallest absolute Gasteiger partial charge is 0.00722 e. The Bertz CT molecular complexity index is 228. The Labute approximate surface area is 120 Å². The highest BCUT2D eigenvalue weighted by Gasteiger charge is 2.24. The molecule has 0 aromatic carbocycles. The first kappa shape index (κ1) is 15.4. The minimum atomic E-state index is 0.835. The molecular weight excluding hydrogens is 230 g/mol. The molecule has 1 heteroatoms. The lowest BCUT2D eigenvalue weighted by Crippen LogP contribution is -2.41. The third kappa shape index (κ3) is 5.85. The van der Waals surface area contributed by atoms with Gasteiger partial charge in [-0.25, -0.2) is 0 Å². The Morgan fingerprint density at radius 2 is 1.42 bits per heavy atom. The predicted octanol–water partition coefficient (Wildman–Crippen LogP) is 5.29. The van der Waals surface area contributed by atoms with Gasteiger partial charge in [-0.3, -0.25) is 0 Å². The number of hydrogen-bond acceptors (Lipinski definition) is 1. The van der Waals surface area contributed by atoms with Crippen molar-refractivity contribution in [3.05, 3.63) is 0 Å². The van der Waals surface area contributed by atoms with E-state index in [1.165, 1.54) is 77.0 Å². The fourth-order valence-electron chi connectivity index (χ4n) is 4.28. The van der Waals surface area contributed by atoms with Gasteiger partial charge < -0.3 is 5.32 Å². The fourth-order valence-corrected chi connectivity index (χ4v) is 4.28. The fraction of sp³-hybridized carbons (Fsp3) is 1.00. The third-order valence-corrected chi connectivity index (χ3v) is 5.16. The van der Waals surface area contributed by atoms with Crippen molar-refractivity contribution in [1.82, 2.24) is 5.32 Å². The van der Waals surface area contributed by atoms with Crippen LogP contribution in [0.2, 0.25) is 0 Å². The molecule has 2 rings (SSSR count). The molecule has 2 aliphatic rings. The normalized spacial score (nSPS) is 31.1. The average Bonchev–Trinajstić information content (AvgIpc) is 2.32. The van der Waals surface area contributed by atoms with Gasteiger partial charge in [0.15, 0.2) is 0 Å². The maximum absolute atomic E-state index is 4.03. The maximum atomic E-state index is 4.03. The van der Waals surface area contributed by atoms with Gasteiger partial charge in [0.05, 0.1) is 0 Å². The van der Waals surface area contributed by atoms with E-state index in [0.29, 0.717) is 0 Å². The zero-order valence-electron chi connectivity index (χ0n) is 13.3. The van der Waals surface area contributed by atoms with Gasteiger partial charge >= 0.3 is 0 Å². The molecule has 0 aromatic rings. The Hall–Kier alpha value is -0.0400. The van der Waals surface area contributed by atoms with Crippen molar-refractivity contribution < 1.29 is 0 Å². The van der Waals surface area contributed by atoms with Gasteiger partial charge in [-0.1, -0.05) is 58.8 Å². The van der Waals surface area contributed by atoms with Crippen LogP contribution in [0.1, 0.15) is 90.9 Å². The standard InChI is InChI=1S/C18H35N/c1-15(2)13-16-9-8-12-18(14-16)19-17-10-6-4-3-5-7-11-17/h15-19H,3-14H2,1-2H3. The Kier molecular flexibility index (Phi) is 6.70. The number of rotatable bonds is 4. The van der Waals surface area contributed by atoms with Gasteiger partial charge in [0, 0.05) is 12.1 Å². The second-order valence-corrected chi connectivity index (χ2v) is 7.57. The first-order valence-electron chi connectivity index (χ1n) is 9.00. The number of nitrogens with one attached hydrogen (secondary N) is 1. The summed E-state index contributed by atoms with van der Waals surface area (Å²) in [5, 5.41) is 4.03. The summed E-state index contributed by atoms with van der Waals surface area (Å²) >= 11 is 0. The van der Waals surface area contributed by atoms with Crippen molar-refractivity contribution in [3.63, 3.8) is 0 Å². The summed E-state index contributed by atoms with van der Waals surface area (Å²) in [6, 6.07) is 1.67. The van der Waals surface area contributed by atoms with Crippen molar-refractivity contribution in [2.24, 2.45) is 11.8 Å². The molecule has 2 fully saturated rings. The molecule has 0 aliphatic heterocycles. The van der Waals surface area contributed by atoms with Gasteiger partial charge in [-0.2, -0.15) is 0 Å². The molecule has 2 saturated carbocycles. The van der Waals surface area contributed by atoms with Crippen LogP contribution in [-0.4, -0.2) is 12.1 Å². The lowest BCUT2D eigenvalue weighted by molar-refractivity contribution is 0.229. The molecule has 0 spiro atoms. The molecule has 2 aliphatic carbocycles. The summed E-state index contributed by atoms with van der Waals surface area (Å²) in [4.78, 5) is 0. The Balaban J connectivity index is 1.74. The van der Waals surface area contributed by atoms with Crippen molar-refractivity contribution in [1.29, 1.82) is 0 Å². The largest absolute Gasteiger partial charge is 0.311 e. The highest BCUT2D eigenvalue weighted by atomic mass is 14.9. The Morgan fingerprint density at radius 1 is 0.789 bits per heavy atom. The van der Waals surface area contributed by atoms with Gasteiger partial charge in [-0.05, 0) is 43.9 Å². The van der Waals surface area contributed by atoms with E-state index in [-0.39, 0.29) is 0 Å². The van der Waals surface area contributed by atoms with Gasteiger partial charge in [0.25, 0.3) is 0 Å². The minimum Gasteiger partial charge on any atom is -0.311 e. The second kappa shape index (κ2) is 8.29. The first-order chi connectivity index (χ1) is 9.24. The quantitative estimate of drug-likeness (QED) is 0.728. The van der Waals surface area contributed by atoms with E-state index < -0.39 is 0 Å². The van der Waals surface area contributed by atoms with E-state index in [2.05, 4.69) is 19.2 Å². The SMILES string of the molecule is CC(C)CC1CCCC(NC2CCCCCCC2)C1. The van der Waals surface area contributed by atoms with Crippen LogP contribution in [0.5, 0.6) is 0 Å². The van der Waals surface area contributed by atoms with Crippen molar-refractivity contribution in [3.8, 4) is 0 Å². The van der Waals surface area contributed by atoms with Crippen LogP contribution in [0.15, 0.2) is 0 Å². The monoisotopic (exact) mass is 265 g/mol. The van der Waals surface area contributed by atoms with E-state index in [4.69, 9.17) is 0 Å². The number of hydrogen-bond donors (Lipinski definition) is 1. The average molecular weight is 265 g/mol. The zero-order chi connectivity index (χ0) is 13.5. The zero-order valence-corrected chi connectivity index (χ0v) is 13.3. The molecule has 0 saturated heterocycles. The molecule has 1 nitrogen and oxygen atoms in total. The van der Waals surface area contributed by atoms with Gasteiger partial charge in [-0.15, -0.1) is 0 Å². The maximum Gasteiger partial charge on any atom is 0.00722 e. The van der Waals surface area contributed by atoms with Gasteiger partial charge in [0.2, 0.25) is 0 Å². The van der Waals surface area contributed by atoms with Gasteiger partial charge in [0.1, 0.15) is 0 Å². The molecule has 0 amide bonds. The van der Waals surface area contributed by atoms with Crippen molar-refractivity contribution in [2.45, 2.75) is 103 Å². The van der Waals surface area contributed by atoms with Crippen LogP contribution in [0.3, 0.4) is 0 Å². The van der Waals surface area contributed by atoms with Crippen LogP contribution >= 0.6 is 0 Å². The lowest BCUT2D eigenvalue weighted by atomic mass is 9.80. The third-order valence-electron chi connectivity index (χ3n) is 5.16. The summed E-state index contributed by atoms with van der Waals surface area (Å²) in [6.45, 7) is 4.76. The Morgan fingerprint density at radius 3 is 2.11 bits per heavy atom. The van der Waals surface area contributed by atoms with E-state index >= 15 is 0 Å². The summed E-state index contributed by atoms with van der Waals surface area (Å²) in [5.41, 5.74) is 0. The molecule has 0 aromatic heterocycles. The van der Waals surface area contributed by atoms with E-state index in [1.54, 1.807) is 0 Å².